The van der Waals surface area contributed by atoms with Crippen molar-refractivity contribution in [1.29, 1.82) is 0 Å². The van der Waals surface area contributed by atoms with E-state index < -0.39 is 0 Å². The van der Waals surface area contributed by atoms with Crippen LogP contribution in [0, 0.1) is 0 Å². The standard InChI is InChI=1S/C23H38N6O/c1-3-4-5-6-17(2)26-23-25-16-22-21(28-13-11-24-12-14-28)15-20(29(22)27-23)18-7-9-19(30)10-8-18/h15-19,24,30H,3-14H2,1-2H3,(H,26,27)/t17-,18-,19-/m0/s1. The molecule has 1 saturated carbocycles. The van der Waals surface area contributed by atoms with Gasteiger partial charge in [0.1, 0.15) is 5.52 Å². The first kappa shape index (κ1) is 21.4. The first-order valence-electron chi connectivity index (χ1n) is 11.9. The van der Waals surface area contributed by atoms with Crippen LogP contribution in [0.2, 0.25) is 0 Å². The molecule has 1 atom stereocenters. The van der Waals surface area contributed by atoms with Gasteiger partial charge < -0.3 is 20.6 Å². The van der Waals surface area contributed by atoms with E-state index in [1.165, 1.54) is 30.6 Å². The number of hydrogen-bond acceptors (Lipinski definition) is 6. The summed E-state index contributed by atoms with van der Waals surface area (Å²) >= 11 is 0. The van der Waals surface area contributed by atoms with Crippen molar-refractivity contribution in [2.75, 3.05) is 36.4 Å². The Labute approximate surface area is 180 Å². The summed E-state index contributed by atoms with van der Waals surface area (Å²) in [6.45, 7) is 8.50. The molecule has 1 aliphatic heterocycles. The van der Waals surface area contributed by atoms with Crippen LogP contribution in [-0.4, -0.2) is 58.0 Å². The van der Waals surface area contributed by atoms with Gasteiger partial charge in [-0.1, -0.05) is 26.2 Å². The lowest BCUT2D eigenvalue weighted by Crippen LogP contribution is -2.43. The summed E-state index contributed by atoms with van der Waals surface area (Å²) in [5.74, 6) is 1.16. The van der Waals surface area contributed by atoms with Crippen LogP contribution < -0.4 is 15.5 Å². The van der Waals surface area contributed by atoms with Crippen molar-refractivity contribution in [3.8, 4) is 0 Å². The highest BCUT2D eigenvalue weighted by Gasteiger charge is 2.27. The van der Waals surface area contributed by atoms with Crippen molar-refractivity contribution in [2.24, 2.45) is 0 Å². The van der Waals surface area contributed by atoms with E-state index in [2.05, 4.69) is 44.9 Å². The minimum atomic E-state index is -0.143. The molecular weight excluding hydrogens is 376 g/mol. The molecule has 3 N–H and O–H groups in total. The molecule has 1 saturated heterocycles. The molecule has 2 aliphatic rings. The molecule has 2 aromatic rings. The van der Waals surface area contributed by atoms with Crippen molar-refractivity contribution >= 4 is 17.2 Å². The van der Waals surface area contributed by atoms with Gasteiger partial charge in [0.25, 0.3) is 0 Å². The van der Waals surface area contributed by atoms with Gasteiger partial charge in [0, 0.05) is 43.8 Å². The van der Waals surface area contributed by atoms with Gasteiger partial charge in [-0.2, -0.15) is 0 Å². The maximum atomic E-state index is 9.97. The molecule has 30 heavy (non-hydrogen) atoms. The van der Waals surface area contributed by atoms with Crippen LogP contribution in [0.25, 0.3) is 5.52 Å². The van der Waals surface area contributed by atoms with E-state index in [-0.39, 0.29) is 6.10 Å². The lowest BCUT2D eigenvalue weighted by Gasteiger charge is -2.28. The monoisotopic (exact) mass is 414 g/mol. The quantitative estimate of drug-likeness (QED) is 0.574. The number of piperazine rings is 1. The number of unbranched alkanes of at least 4 members (excludes halogenated alkanes) is 2. The largest absolute Gasteiger partial charge is 0.393 e. The summed E-state index contributed by atoms with van der Waals surface area (Å²) in [6.07, 6.45) is 10.5. The number of aliphatic hydroxyl groups is 1. The number of anilines is 2. The molecule has 3 heterocycles. The molecule has 2 aromatic heterocycles. The fourth-order valence-electron chi connectivity index (χ4n) is 4.88. The van der Waals surface area contributed by atoms with Crippen molar-refractivity contribution < 1.29 is 5.11 Å². The average molecular weight is 415 g/mol. The first-order valence-corrected chi connectivity index (χ1v) is 11.9. The molecule has 1 aliphatic carbocycles. The average Bonchev–Trinajstić information content (AvgIpc) is 3.14. The molecular formula is C23H38N6O. The van der Waals surface area contributed by atoms with Crippen LogP contribution in [-0.2, 0) is 0 Å². The maximum Gasteiger partial charge on any atom is 0.241 e. The fraction of sp³-hybridized carbons (Fsp3) is 0.739. The molecule has 0 spiro atoms. The van der Waals surface area contributed by atoms with Crippen LogP contribution >= 0.6 is 0 Å². The topological polar surface area (TPSA) is 77.7 Å². The highest BCUT2D eigenvalue weighted by Crippen LogP contribution is 2.37. The SMILES string of the molecule is CCCCC[C@H](C)Nc1ncc2c(N3CCNCC3)cc([C@H]3CC[C@H](O)CC3)n2n1. The van der Waals surface area contributed by atoms with Crippen molar-refractivity contribution in [3.63, 3.8) is 0 Å². The molecule has 166 valence electrons. The van der Waals surface area contributed by atoms with Gasteiger partial charge in [-0.05, 0) is 45.1 Å². The number of fused-ring (bicyclic) bond motifs is 1. The van der Waals surface area contributed by atoms with Gasteiger partial charge in [0.2, 0.25) is 5.95 Å². The molecule has 0 bridgehead atoms. The van der Waals surface area contributed by atoms with E-state index in [4.69, 9.17) is 5.10 Å². The van der Waals surface area contributed by atoms with Gasteiger partial charge in [-0.3, -0.25) is 0 Å². The summed E-state index contributed by atoms with van der Waals surface area (Å²) in [4.78, 5) is 7.13. The van der Waals surface area contributed by atoms with Gasteiger partial charge >= 0.3 is 0 Å². The maximum absolute atomic E-state index is 9.97. The Morgan fingerprint density at radius 2 is 1.97 bits per heavy atom. The fourth-order valence-corrected chi connectivity index (χ4v) is 4.88. The predicted octanol–water partition coefficient (Wildman–Crippen LogP) is 3.54. The molecule has 4 rings (SSSR count). The highest BCUT2D eigenvalue weighted by molar-refractivity contribution is 5.75. The lowest BCUT2D eigenvalue weighted by atomic mass is 9.85. The Bertz CT molecular complexity index is 807. The number of aliphatic hydroxyl groups excluding tert-OH is 1. The number of nitrogens with one attached hydrogen (secondary N) is 2. The van der Waals surface area contributed by atoms with Gasteiger partial charge in [-0.25, -0.2) is 9.50 Å². The molecule has 7 nitrogen and oxygen atoms in total. The van der Waals surface area contributed by atoms with E-state index in [0.717, 1.165) is 63.8 Å². The van der Waals surface area contributed by atoms with E-state index in [9.17, 15) is 5.11 Å². The highest BCUT2D eigenvalue weighted by atomic mass is 16.3. The molecule has 0 amide bonds. The Morgan fingerprint density at radius 1 is 1.20 bits per heavy atom. The minimum Gasteiger partial charge on any atom is -0.393 e. The van der Waals surface area contributed by atoms with E-state index >= 15 is 0 Å². The molecule has 7 heteroatoms. The first-order chi connectivity index (χ1) is 14.7. The second kappa shape index (κ2) is 9.96. The Balaban J connectivity index is 1.61. The van der Waals surface area contributed by atoms with Crippen molar-refractivity contribution in [3.05, 3.63) is 18.0 Å². The van der Waals surface area contributed by atoms with Crippen LogP contribution in [0.5, 0.6) is 0 Å². The van der Waals surface area contributed by atoms with Crippen molar-refractivity contribution in [1.82, 2.24) is 19.9 Å². The van der Waals surface area contributed by atoms with Crippen LogP contribution in [0.1, 0.15) is 76.8 Å². The third-order valence-corrected chi connectivity index (χ3v) is 6.71. The molecule has 0 unspecified atom stereocenters. The third-order valence-electron chi connectivity index (χ3n) is 6.71. The summed E-state index contributed by atoms with van der Waals surface area (Å²) in [5, 5.41) is 21.9. The van der Waals surface area contributed by atoms with Crippen LogP contribution in [0.15, 0.2) is 12.3 Å². The smallest absolute Gasteiger partial charge is 0.241 e. The summed E-state index contributed by atoms with van der Waals surface area (Å²) in [5.41, 5.74) is 3.62. The third kappa shape index (κ3) is 4.89. The molecule has 0 radical (unpaired) electrons. The van der Waals surface area contributed by atoms with Gasteiger partial charge in [-0.15, -0.1) is 5.10 Å². The second-order valence-electron chi connectivity index (χ2n) is 9.12. The van der Waals surface area contributed by atoms with E-state index in [1.54, 1.807) is 0 Å². The van der Waals surface area contributed by atoms with Gasteiger partial charge in [0.05, 0.1) is 18.0 Å². The number of nitrogens with zero attached hydrogens (tertiary/aromatic N) is 4. The summed E-state index contributed by atoms with van der Waals surface area (Å²) in [7, 11) is 0. The number of rotatable bonds is 8. The minimum absolute atomic E-state index is 0.143. The Hall–Kier alpha value is -1.86. The Kier molecular flexibility index (Phi) is 7.10. The number of aromatic nitrogens is 3. The number of hydrogen-bond donors (Lipinski definition) is 3. The summed E-state index contributed by atoms with van der Waals surface area (Å²) < 4.78 is 2.13. The zero-order valence-corrected chi connectivity index (χ0v) is 18.6. The van der Waals surface area contributed by atoms with E-state index in [0.29, 0.717) is 17.9 Å². The van der Waals surface area contributed by atoms with Gasteiger partial charge in [0.15, 0.2) is 0 Å². The van der Waals surface area contributed by atoms with Crippen LogP contribution in [0.3, 0.4) is 0 Å². The van der Waals surface area contributed by atoms with Crippen molar-refractivity contribution in [2.45, 2.75) is 83.3 Å². The summed E-state index contributed by atoms with van der Waals surface area (Å²) in [6, 6.07) is 2.71. The normalized spacial score (nSPS) is 23.6. The molecule has 2 fully saturated rings. The lowest BCUT2D eigenvalue weighted by molar-refractivity contribution is 0.121. The van der Waals surface area contributed by atoms with E-state index in [1.807, 2.05) is 6.20 Å². The zero-order valence-electron chi connectivity index (χ0n) is 18.6. The predicted molar refractivity (Wildman–Crippen MR) is 123 cm³/mol. The second-order valence-corrected chi connectivity index (χ2v) is 9.12. The Morgan fingerprint density at radius 3 is 2.70 bits per heavy atom. The van der Waals surface area contributed by atoms with Crippen LogP contribution in [0.4, 0.5) is 11.6 Å². The molecule has 0 aromatic carbocycles. The zero-order chi connectivity index (χ0) is 20.9.